The molecule has 2 aliphatic carbocycles. The van der Waals surface area contributed by atoms with Crippen molar-refractivity contribution < 1.29 is 14.3 Å². The van der Waals surface area contributed by atoms with Crippen LogP contribution in [0.3, 0.4) is 0 Å². The summed E-state index contributed by atoms with van der Waals surface area (Å²) in [5.41, 5.74) is 0.625. The van der Waals surface area contributed by atoms with Crippen molar-refractivity contribution in [3.8, 4) is 0 Å². The monoisotopic (exact) mass is 220 g/mol. The highest BCUT2D eigenvalue weighted by molar-refractivity contribution is 6.11. The molecule has 0 radical (unpaired) electrons. The van der Waals surface area contributed by atoms with Crippen LogP contribution in [0, 0.1) is 11.3 Å². The summed E-state index contributed by atoms with van der Waals surface area (Å²) < 4.78 is 4.97. The van der Waals surface area contributed by atoms with E-state index < -0.39 is 5.41 Å². The third kappa shape index (κ3) is 1.42. The molecule has 2 atom stereocenters. The molecular formula is C13H16O3. The number of methoxy groups -OCH3 is 1. The van der Waals surface area contributed by atoms with E-state index >= 15 is 0 Å². The van der Waals surface area contributed by atoms with Crippen molar-refractivity contribution in [2.45, 2.75) is 26.7 Å². The maximum absolute atomic E-state index is 12.1. The van der Waals surface area contributed by atoms with Gasteiger partial charge < -0.3 is 4.74 Å². The highest BCUT2D eigenvalue weighted by Crippen LogP contribution is 2.45. The van der Waals surface area contributed by atoms with Crippen LogP contribution < -0.4 is 0 Å². The molecule has 0 aliphatic heterocycles. The minimum absolute atomic E-state index is 0.0118. The van der Waals surface area contributed by atoms with Gasteiger partial charge in [-0.2, -0.15) is 0 Å². The first kappa shape index (κ1) is 11.1. The minimum Gasteiger partial charge on any atom is -0.493 e. The number of hydrogen-bond donors (Lipinski definition) is 0. The molecule has 0 heterocycles. The van der Waals surface area contributed by atoms with Crippen molar-refractivity contribution in [3.63, 3.8) is 0 Å². The van der Waals surface area contributed by atoms with Gasteiger partial charge in [-0.25, -0.2) is 0 Å². The molecule has 0 amide bonds. The fourth-order valence-electron chi connectivity index (χ4n) is 2.50. The first-order valence-electron chi connectivity index (χ1n) is 5.49. The Bertz CT molecular complexity index is 417. The molecule has 0 aromatic carbocycles. The van der Waals surface area contributed by atoms with E-state index in [9.17, 15) is 9.59 Å². The van der Waals surface area contributed by atoms with Gasteiger partial charge >= 0.3 is 0 Å². The van der Waals surface area contributed by atoms with Gasteiger partial charge in [-0.05, 0) is 19.8 Å². The van der Waals surface area contributed by atoms with Gasteiger partial charge in [-0.15, -0.1) is 0 Å². The van der Waals surface area contributed by atoms with Crippen LogP contribution in [0.4, 0.5) is 0 Å². The van der Waals surface area contributed by atoms with Crippen molar-refractivity contribution in [1.29, 1.82) is 0 Å². The molecule has 3 heteroatoms. The topological polar surface area (TPSA) is 43.4 Å². The first-order chi connectivity index (χ1) is 7.49. The van der Waals surface area contributed by atoms with Crippen LogP contribution in [0.5, 0.6) is 0 Å². The van der Waals surface area contributed by atoms with Gasteiger partial charge in [0.1, 0.15) is 0 Å². The smallest absolute Gasteiger partial charge is 0.201 e. The maximum Gasteiger partial charge on any atom is 0.201 e. The van der Waals surface area contributed by atoms with Gasteiger partial charge in [-0.1, -0.05) is 18.6 Å². The molecule has 0 unspecified atom stereocenters. The number of allylic oxidation sites excluding steroid dienone is 4. The molecule has 0 N–H and O–H groups in total. The lowest BCUT2D eigenvalue weighted by Crippen LogP contribution is -2.45. The molecule has 0 saturated carbocycles. The molecule has 0 aromatic heterocycles. The highest BCUT2D eigenvalue weighted by atomic mass is 16.5. The Morgan fingerprint density at radius 2 is 2.12 bits per heavy atom. The standard InChI is InChI=1S/C13H16O3/c1-8-4-5-13(2)9(6-8)12(15)10(16-3)7-11(13)14/h4,7,9H,5-6H2,1-3H3/t9-,13-/m1/s1. The normalized spacial score (nSPS) is 34.1. The molecule has 0 bridgehead atoms. The van der Waals surface area contributed by atoms with E-state index in [0.29, 0.717) is 12.8 Å². The molecule has 16 heavy (non-hydrogen) atoms. The van der Waals surface area contributed by atoms with Gasteiger partial charge in [0, 0.05) is 17.4 Å². The number of carbonyl (C=O) groups excluding carboxylic acids is 2. The van der Waals surface area contributed by atoms with E-state index in [-0.39, 0.29) is 23.2 Å². The lowest BCUT2D eigenvalue weighted by molar-refractivity contribution is -0.138. The van der Waals surface area contributed by atoms with Crippen molar-refractivity contribution in [1.82, 2.24) is 0 Å². The second-order valence-corrected chi connectivity index (χ2v) is 4.87. The summed E-state index contributed by atoms with van der Waals surface area (Å²) >= 11 is 0. The molecule has 0 aromatic rings. The van der Waals surface area contributed by atoms with Crippen molar-refractivity contribution in [2.24, 2.45) is 11.3 Å². The van der Waals surface area contributed by atoms with Crippen LogP contribution in [-0.2, 0) is 14.3 Å². The lowest BCUT2D eigenvalue weighted by Gasteiger charge is -2.40. The lowest BCUT2D eigenvalue weighted by atomic mass is 9.61. The number of ether oxygens (including phenoxy) is 1. The fourth-order valence-corrected chi connectivity index (χ4v) is 2.50. The number of fused-ring (bicyclic) bond motifs is 1. The number of rotatable bonds is 1. The molecule has 2 aliphatic rings. The summed E-state index contributed by atoms with van der Waals surface area (Å²) in [4.78, 5) is 24.1. The summed E-state index contributed by atoms with van der Waals surface area (Å²) in [5.74, 6) is -0.0538. The predicted octanol–water partition coefficient (Wildman–Crippen LogP) is 2.03. The third-order valence-electron chi connectivity index (χ3n) is 3.77. The quantitative estimate of drug-likeness (QED) is 0.635. The van der Waals surface area contributed by atoms with E-state index in [1.54, 1.807) is 0 Å². The Morgan fingerprint density at radius 3 is 2.75 bits per heavy atom. The Balaban J connectivity index is 2.46. The summed E-state index contributed by atoms with van der Waals surface area (Å²) in [7, 11) is 1.44. The summed E-state index contributed by atoms with van der Waals surface area (Å²) in [5, 5.41) is 0. The van der Waals surface area contributed by atoms with Crippen LogP contribution in [0.2, 0.25) is 0 Å². The van der Waals surface area contributed by atoms with E-state index in [2.05, 4.69) is 6.08 Å². The second kappa shape index (κ2) is 3.58. The van der Waals surface area contributed by atoms with Gasteiger partial charge in [0.05, 0.1) is 7.11 Å². The van der Waals surface area contributed by atoms with Crippen molar-refractivity contribution in [3.05, 3.63) is 23.5 Å². The fraction of sp³-hybridized carbons (Fsp3) is 0.538. The van der Waals surface area contributed by atoms with Crippen LogP contribution in [0.15, 0.2) is 23.5 Å². The van der Waals surface area contributed by atoms with Gasteiger partial charge in [-0.3, -0.25) is 9.59 Å². The molecule has 2 rings (SSSR count). The van der Waals surface area contributed by atoms with Crippen molar-refractivity contribution >= 4 is 11.6 Å². The number of carbonyl (C=O) groups is 2. The molecule has 86 valence electrons. The zero-order valence-electron chi connectivity index (χ0n) is 9.87. The Kier molecular flexibility index (Phi) is 2.49. The zero-order valence-corrected chi connectivity index (χ0v) is 9.87. The van der Waals surface area contributed by atoms with Crippen molar-refractivity contribution in [2.75, 3.05) is 7.11 Å². The SMILES string of the molecule is COC1=CC(=O)[C@]2(C)CC=C(C)C[C@@H]2C1=O. The number of ketones is 2. The Hall–Kier alpha value is -1.38. The average molecular weight is 220 g/mol. The van der Waals surface area contributed by atoms with E-state index in [0.717, 1.165) is 0 Å². The van der Waals surface area contributed by atoms with Crippen LogP contribution >= 0.6 is 0 Å². The largest absolute Gasteiger partial charge is 0.493 e. The molecule has 3 nitrogen and oxygen atoms in total. The van der Waals surface area contributed by atoms with Gasteiger partial charge in [0.15, 0.2) is 11.5 Å². The van der Waals surface area contributed by atoms with E-state index in [1.807, 2.05) is 13.8 Å². The highest BCUT2D eigenvalue weighted by Gasteiger charge is 2.49. The first-order valence-corrected chi connectivity index (χ1v) is 5.49. The molecule has 0 spiro atoms. The van der Waals surface area contributed by atoms with E-state index in [4.69, 9.17) is 4.74 Å². The minimum atomic E-state index is -0.557. The van der Waals surface area contributed by atoms with E-state index in [1.165, 1.54) is 18.8 Å². The maximum atomic E-state index is 12.1. The summed E-state index contributed by atoms with van der Waals surface area (Å²) in [6.45, 7) is 3.88. The Labute approximate surface area is 95.2 Å². The summed E-state index contributed by atoms with van der Waals surface area (Å²) in [6, 6.07) is 0. The van der Waals surface area contributed by atoms with Crippen LogP contribution in [0.1, 0.15) is 26.7 Å². The van der Waals surface area contributed by atoms with Crippen LogP contribution in [0.25, 0.3) is 0 Å². The molecule has 0 fully saturated rings. The van der Waals surface area contributed by atoms with Gasteiger partial charge in [0.2, 0.25) is 5.78 Å². The zero-order chi connectivity index (χ0) is 11.9. The second-order valence-electron chi connectivity index (χ2n) is 4.87. The number of hydrogen-bond acceptors (Lipinski definition) is 3. The summed E-state index contributed by atoms with van der Waals surface area (Å²) in [6.07, 6.45) is 4.74. The van der Waals surface area contributed by atoms with Gasteiger partial charge in [0.25, 0.3) is 0 Å². The molecular weight excluding hydrogens is 204 g/mol. The average Bonchev–Trinajstić information content (AvgIpc) is 2.26. The third-order valence-corrected chi connectivity index (χ3v) is 3.77. The number of Topliss-reactive ketones (excluding diaryl/α,β-unsaturated/α-hetero) is 1. The Morgan fingerprint density at radius 1 is 1.44 bits per heavy atom. The van der Waals surface area contributed by atoms with Crippen LogP contribution in [-0.4, -0.2) is 18.7 Å². The predicted molar refractivity (Wildman–Crippen MR) is 59.7 cm³/mol. The molecule has 0 saturated heterocycles.